The Morgan fingerprint density at radius 2 is 1.30 bits per heavy atom. The molecular weight excluding hydrogens is 305 g/mol. The Balaban J connectivity index is 1.93. The largest absolute Gasteiger partial charge is 0.342 e. The molecule has 0 saturated carbocycles. The maximum atomic E-state index is 13.8. The van der Waals surface area contributed by atoms with Gasteiger partial charge in [0.15, 0.2) is 7.14 Å². The standard InChI is InChI=1S/C19H22NO2P/c21-19(20-14-8-3-9-15-20)16-23(22,17-10-4-1-5-11-17)18-12-6-2-7-13-18/h1-2,4-7,10-13H,3,8-9,14-16H2. The van der Waals surface area contributed by atoms with E-state index in [-0.39, 0.29) is 12.1 Å². The summed E-state index contributed by atoms with van der Waals surface area (Å²) in [5.74, 6) is 0.0146. The van der Waals surface area contributed by atoms with Crippen molar-refractivity contribution in [2.45, 2.75) is 19.3 Å². The first-order chi connectivity index (χ1) is 11.2. The topological polar surface area (TPSA) is 37.4 Å². The number of carbonyl (C=O) groups is 1. The highest BCUT2D eigenvalue weighted by Gasteiger charge is 2.32. The van der Waals surface area contributed by atoms with E-state index in [1.54, 1.807) is 0 Å². The van der Waals surface area contributed by atoms with Crippen LogP contribution >= 0.6 is 7.14 Å². The summed E-state index contributed by atoms with van der Waals surface area (Å²) in [6, 6.07) is 18.8. The number of benzene rings is 2. The molecule has 1 amide bonds. The lowest BCUT2D eigenvalue weighted by molar-refractivity contribution is -0.129. The predicted octanol–water partition coefficient (Wildman–Crippen LogP) is 3.01. The van der Waals surface area contributed by atoms with Crippen LogP contribution in [0.5, 0.6) is 0 Å². The Labute approximate surface area is 137 Å². The Hall–Kier alpha value is -1.86. The van der Waals surface area contributed by atoms with Gasteiger partial charge in [-0.15, -0.1) is 0 Å². The zero-order chi connectivity index (χ0) is 16.1. The minimum Gasteiger partial charge on any atom is -0.342 e. The smallest absolute Gasteiger partial charge is 0.230 e. The van der Waals surface area contributed by atoms with Gasteiger partial charge in [-0.1, -0.05) is 60.7 Å². The molecule has 1 aliphatic rings. The van der Waals surface area contributed by atoms with Crippen molar-refractivity contribution >= 4 is 23.7 Å². The van der Waals surface area contributed by atoms with E-state index in [2.05, 4.69) is 0 Å². The summed E-state index contributed by atoms with van der Waals surface area (Å²) in [4.78, 5) is 14.6. The lowest BCUT2D eigenvalue weighted by Gasteiger charge is -2.29. The van der Waals surface area contributed by atoms with Crippen molar-refractivity contribution in [1.29, 1.82) is 0 Å². The highest BCUT2D eigenvalue weighted by molar-refractivity contribution is 7.79. The highest BCUT2D eigenvalue weighted by atomic mass is 31.2. The fourth-order valence-electron chi connectivity index (χ4n) is 3.10. The molecule has 3 rings (SSSR count). The first-order valence-electron chi connectivity index (χ1n) is 8.18. The number of nitrogens with zero attached hydrogens (tertiary/aromatic N) is 1. The van der Waals surface area contributed by atoms with Gasteiger partial charge in [-0.3, -0.25) is 4.79 Å². The minimum absolute atomic E-state index is 0.0146. The number of piperidine rings is 1. The van der Waals surface area contributed by atoms with Gasteiger partial charge < -0.3 is 9.46 Å². The fraction of sp³-hybridized carbons (Fsp3) is 0.316. The number of hydrogen-bond donors (Lipinski definition) is 0. The van der Waals surface area contributed by atoms with Crippen LogP contribution in [0.25, 0.3) is 0 Å². The van der Waals surface area contributed by atoms with Gasteiger partial charge in [0.2, 0.25) is 5.91 Å². The summed E-state index contributed by atoms with van der Waals surface area (Å²) in [6.45, 7) is 1.59. The van der Waals surface area contributed by atoms with Crippen molar-refractivity contribution < 1.29 is 9.36 Å². The summed E-state index contributed by atoms with van der Waals surface area (Å²) in [5.41, 5.74) is 0. The molecule has 2 aromatic rings. The first kappa shape index (κ1) is 16.0. The molecule has 120 valence electrons. The molecule has 0 atom stereocenters. The Morgan fingerprint density at radius 3 is 1.78 bits per heavy atom. The van der Waals surface area contributed by atoms with Crippen molar-refractivity contribution in [1.82, 2.24) is 4.90 Å². The second kappa shape index (κ2) is 7.14. The van der Waals surface area contributed by atoms with Gasteiger partial charge in [0.05, 0.1) is 6.16 Å². The van der Waals surface area contributed by atoms with Crippen molar-refractivity contribution in [3.05, 3.63) is 60.7 Å². The second-order valence-corrected chi connectivity index (χ2v) is 8.84. The molecular formula is C19H22NO2P. The van der Waals surface area contributed by atoms with E-state index in [4.69, 9.17) is 0 Å². The van der Waals surface area contributed by atoms with Gasteiger partial charge in [0.1, 0.15) is 0 Å². The molecule has 0 bridgehead atoms. The Kier molecular flexibility index (Phi) is 4.97. The minimum atomic E-state index is -2.94. The van der Waals surface area contributed by atoms with Gasteiger partial charge in [-0.25, -0.2) is 0 Å². The lowest BCUT2D eigenvalue weighted by atomic mass is 10.1. The number of likely N-dealkylation sites (tertiary alicyclic amines) is 1. The third-order valence-corrected chi connectivity index (χ3v) is 7.39. The Bertz CT molecular complexity index is 650. The van der Waals surface area contributed by atoms with Crippen LogP contribution in [0.1, 0.15) is 19.3 Å². The fourth-order valence-corrected chi connectivity index (χ4v) is 5.65. The molecule has 4 heteroatoms. The van der Waals surface area contributed by atoms with Crippen LogP contribution < -0.4 is 10.6 Å². The molecule has 1 heterocycles. The van der Waals surface area contributed by atoms with E-state index >= 15 is 0 Å². The second-order valence-electron chi connectivity index (χ2n) is 6.01. The molecule has 0 unspecified atom stereocenters. The lowest BCUT2D eigenvalue weighted by Crippen LogP contribution is -2.39. The zero-order valence-corrected chi connectivity index (χ0v) is 14.1. The quantitative estimate of drug-likeness (QED) is 0.810. The molecule has 0 spiro atoms. The molecule has 23 heavy (non-hydrogen) atoms. The van der Waals surface area contributed by atoms with E-state index in [9.17, 15) is 9.36 Å². The molecule has 3 nitrogen and oxygen atoms in total. The van der Waals surface area contributed by atoms with E-state index in [1.165, 1.54) is 6.42 Å². The van der Waals surface area contributed by atoms with Crippen molar-refractivity contribution in [2.24, 2.45) is 0 Å². The third-order valence-electron chi connectivity index (χ3n) is 4.41. The van der Waals surface area contributed by atoms with Crippen LogP contribution in [-0.4, -0.2) is 30.1 Å². The van der Waals surface area contributed by atoms with Crippen LogP contribution in [-0.2, 0) is 9.36 Å². The van der Waals surface area contributed by atoms with E-state index in [0.717, 1.165) is 36.5 Å². The maximum Gasteiger partial charge on any atom is 0.230 e. The van der Waals surface area contributed by atoms with Crippen molar-refractivity contribution in [2.75, 3.05) is 19.3 Å². The zero-order valence-electron chi connectivity index (χ0n) is 13.2. The summed E-state index contributed by atoms with van der Waals surface area (Å²) in [7, 11) is -2.94. The molecule has 0 N–H and O–H groups in total. The van der Waals surface area contributed by atoms with E-state index < -0.39 is 7.14 Å². The number of hydrogen-bond acceptors (Lipinski definition) is 2. The van der Waals surface area contributed by atoms with Gasteiger partial charge in [-0.05, 0) is 19.3 Å². The molecule has 0 aliphatic carbocycles. The van der Waals surface area contributed by atoms with Gasteiger partial charge in [0.25, 0.3) is 0 Å². The summed E-state index contributed by atoms with van der Waals surface area (Å²) >= 11 is 0. The average Bonchev–Trinajstić information content (AvgIpc) is 2.64. The molecule has 0 radical (unpaired) electrons. The van der Waals surface area contributed by atoms with Crippen LogP contribution in [0.2, 0.25) is 0 Å². The molecule has 0 aromatic heterocycles. The number of rotatable bonds is 4. The summed E-state index contributed by atoms with van der Waals surface area (Å²) in [5, 5.41) is 1.52. The van der Waals surface area contributed by atoms with Crippen LogP contribution in [0, 0.1) is 0 Å². The third kappa shape index (κ3) is 3.56. The van der Waals surface area contributed by atoms with Crippen LogP contribution in [0.3, 0.4) is 0 Å². The summed E-state index contributed by atoms with van der Waals surface area (Å²) in [6.07, 6.45) is 3.36. The van der Waals surface area contributed by atoms with E-state index in [1.807, 2.05) is 65.6 Å². The first-order valence-corrected chi connectivity index (χ1v) is 10.1. The van der Waals surface area contributed by atoms with Gasteiger partial charge in [-0.2, -0.15) is 0 Å². The van der Waals surface area contributed by atoms with Gasteiger partial charge in [0, 0.05) is 23.7 Å². The number of carbonyl (C=O) groups excluding carboxylic acids is 1. The highest BCUT2D eigenvalue weighted by Crippen LogP contribution is 2.43. The molecule has 1 saturated heterocycles. The SMILES string of the molecule is O=C(CP(=O)(c1ccccc1)c1ccccc1)N1CCCCC1. The van der Waals surface area contributed by atoms with Crippen LogP contribution in [0.15, 0.2) is 60.7 Å². The maximum absolute atomic E-state index is 13.8. The summed E-state index contributed by atoms with van der Waals surface area (Å²) < 4.78 is 13.8. The molecule has 1 aliphatic heterocycles. The normalized spacial score (nSPS) is 15.4. The monoisotopic (exact) mass is 327 g/mol. The van der Waals surface area contributed by atoms with E-state index in [0.29, 0.717) is 0 Å². The predicted molar refractivity (Wildman–Crippen MR) is 95.1 cm³/mol. The van der Waals surface area contributed by atoms with Crippen LogP contribution in [0.4, 0.5) is 0 Å². The Morgan fingerprint density at radius 1 is 0.826 bits per heavy atom. The molecule has 2 aromatic carbocycles. The molecule has 1 fully saturated rings. The van der Waals surface area contributed by atoms with Crippen molar-refractivity contribution in [3.63, 3.8) is 0 Å². The average molecular weight is 327 g/mol. The van der Waals surface area contributed by atoms with Crippen molar-refractivity contribution in [3.8, 4) is 0 Å². The number of amides is 1. The van der Waals surface area contributed by atoms with Gasteiger partial charge >= 0.3 is 0 Å².